The Bertz CT molecular complexity index is 266. The zero-order valence-electron chi connectivity index (χ0n) is 7.96. The summed E-state index contributed by atoms with van der Waals surface area (Å²) in [4.78, 5) is 0. The minimum atomic E-state index is 0.320. The van der Waals surface area contributed by atoms with Crippen LogP contribution in [0.2, 0.25) is 0 Å². The van der Waals surface area contributed by atoms with Crippen molar-refractivity contribution in [2.24, 2.45) is 0 Å². The first-order valence-corrected chi connectivity index (χ1v) is 4.45. The molecule has 68 valence electrons. The predicted molar refractivity (Wildman–Crippen MR) is 48.3 cm³/mol. The van der Waals surface area contributed by atoms with Crippen molar-refractivity contribution in [3.63, 3.8) is 0 Å². The lowest BCUT2D eigenvalue weighted by atomic mass is 10.2. The predicted octanol–water partition coefficient (Wildman–Crippen LogP) is 1.87. The van der Waals surface area contributed by atoms with Gasteiger partial charge < -0.3 is 5.11 Å². The topological polar surface area (TPSA) is 38.0 Å². The summed E-state index contributed by atoms with van der Waals surface area (Å²) in [6, 6.07) is 0. The van der Waals surface area contributed by atoms with Crippen molar-refractivity contribution in [2.45, 2.75) is 40.2 Å². The van der Waals surface area contributed by atoms with Crippen molar-refractivity contribution in [3.05, 3.63) is 11.3 Å². The summed E-state index contributed by atoms with van der Waals surface area (Å²) in [6.07, 6.45) is 2.02. The van der Waals surface area contributed by atoms with Crippen LogP contribution in [0.15, 0.2) is 0 Å². The average molecular weight is 168 g/mol. The van der Waals surface area contributed by atoms with E-state index in [1.807, 2.05) is 13.8 Å². The van der Waals surface area contributed by atoms with Crippen LogP contribution in [0.4, 0.5) is 0 Å². The summed E-state index contributed by atoms with van der Waals surface area (Å²) in [6.45, 7) is 6.74. The Labute approximate surface area is 73.0 Å². The van der Waals surface area contributed by atoms with Gasteiger partial charge in [0.15, 0.2) is 0 Å². The highest BCUT2D eigenvalue weighted by Crippen LogP contribution is 2.20. The van der Waals surface area contributed by atoms with Crippen LogP contribution >= 0.6 is 0 Å². The van der Waals surface area contributed by atoms with Gasteiger partial charge in [-0.25, -0.2) is 4.68 Å². The van der Waals surface area contributed by atoms with Crippen LogP contribution in [0.25, 0.3) is 0 Å². The van der Waals surface area contributed by atoms with Crippen molar-refractivity contribution in [3.8, 4) is 5.88 Å². The Balaban J connectivity index is 2.98. The molecular formula is C9H16N2O. The molecule has 1 aromatic heterocycles. The maximum atomic E-state index is 9.55. The molecule has 0 fully saturated rings. The van der Waals surface area contributed by atoms with Gasteiger partial charge in [0, 0.05) is 12.1 Å². The Morgan fingerprint density at radius 3 is 2.50 bits per heavy atom. The van der Waals surface area contributed by atoms with Gasteiger partial charge in [-0.3, -0.25) is 0 Å². The van der Waals surface area contributed by atoms with Gasteiger partial charge in [-0.1, -0.05) is 13.3 Å². The largest absolute Gasteiger partial charge is 0.493 e. The van der Waals surface area contributed by atoms with E-state index in [1.54, 1.807) is 4.68 Å². The zero-order chi connectivity index (χ0) is 9.14. The maximum absolute atomic E-state index is 9.55. The molecule has 3 nitrogen and oxygen atoms in total. The van der Waals surface area contributed by atoms with Crippen LogP contribution in [0.3, 0.4) is 0 Å². The van der Waals surface area contributed by atoms with E-state index in [2.05, 4.69) is 12.0 Å². The number of hydrogen-bond acceptors (Lipinski definition) is 2. The standard InChI is InChI=1S/C9H16N2O/c1-4-6-8-7(3)9(12)11(5-2)10-8/h12H,4-6H2,1-3H3. The number of aromatic hydroxyl groups is 1. The zero-order valence-corrected chi connectivity index (χ0v) is 7.96. The van der Waals surface area contributed by atoms with Gasteiger partial charge in [0.05, 0.1) is 5.69 Å². The van der Waals surface area contributed by atoms with Gasteiger partial charge in [-0.05, 0) is 20.3 Å². The molecule has 0 saturated carbocycles. The van der Waals surface area contributed by atoms with Gasteiger partial charge in [-0.15, -0.1) is 0 Å². The molecule has 0 spiro atoms. The maximum Gasteiger partial charge on any atom is 0.212 e. The van der Waals surface area contributed by atoms with Crippen molar-refractivity contribution >= 4 is 0 Å². The lowest BCUT2D eigenvalue weighted by molar-refractivity contribution is 0.402. The van der Waals surface area contributed by atoms with Crippen LogP contribution < -0.4 is 0 Å². The number of hydrogen-bond donors (Lipinski definition) is 1. The summed E-state index contributed by atoms with van der Waals surface area (Å²) >= 11 is 0. The smallest absolute Gasteiger partial charge is 0.212 e. The van der Waals surface area contributed by atoms with Crippen molar-refractivity contribution in [2.75, 3.05) is 0 Å². The molecule has 0 aliphatic rings. The van der Waals surface area contributed by atoms with E-state index in [0.29, 0.717) is 5.88 Å². The molecule has 0 aliphatic carbocycles. The number of aryl methyl sites for hydroxylation is 2. The van der Waals surface area contributed by atoms with Crippen LogP contribution in [-0.4, -0.2) is 14.9 Å². The van der Waals surface area contributed by atoms with Crippen molar-refractivity contribution in [1.29, 1.82) is 0 Å². The van der Waals surface area contributed by atoms with E-state index in [-0.39, 0.29) is 0 Å². The first-order chi connectivity index (χ1) is 5.70. The molecule has 1 heterocycles. The number of aromatic nitrogens is 2. The van der Waals surface area contributed by atoms with E-state index in [9.17, 15) is 5.11 Å². The molecule has 0 aromatic carbocycles. The second-order valence-corrected chi connectivity index (χ2v) is 2.96. The summed E-state index contributed by atoms with van der Waals surface area (Å²) in [5.41, 5.74) is 1.95. The van der Waals surface area contributed by atoms with Crippen LogP contribution in [0.1, 0.15) is 31.5 Å². The summed E-state index contributed by atoms with van der Waals surface area (Å²) in [5.74, 6) is 0.320. The molecule has 12 heavy (non-hydrogen) atoms. The molecule has 0 unspecified atom stereocenters. The average Bonchev–Trinajstić information content (AvgIpc) is 2.33. The first-order valence-electron chi connectivity index (χ1n) is 4.45. The van der Waals surface area contributed by atoms with E-state index in [1.165, 1.54) is 0 Å². The van der Waals surface area contributed by atoms with Gasteiger partial charge >= 0.3 is 0 Å². The van der Waals surface area contributed by atoms with Crippen LogP contribution in [0, 0.1) is 6.92 Å². The molecule has 0 atom stereocenters. The van der Waals surface area contributed by atoms with E-state index in [0.717, 1.165) is 30.6 Å². The van der Waals surface area contributed by atoms with E-state index < -0.39 is 0 Å². The number of rotatable bonds is 3. The molecule has 0 saturated heterocycles. The second kappa shape index (κ2) is 3.61. The highest BCUT2D eigenvalue weighted by atomic mass is 16.3. The van der Waals surface area contributed by atoms with E-state index in [4.69, 9.17) is 0 Å². The molecule has 0 bridgehead atoms. The molecule has 3 heteroatoms. The Hall–Kier alpha value is -0.990. The molecule has 1 rings (SSSR count). The lowest BCUT2D eigenvalue weighted by Crippen LogP contribution is -1.96. The third kappa shape index (κ3) is 1.44. The molecule has 1 aromatic rings. The minimum absolute atomic E-state index is 0.320. The molecular weight excluding hydrogens is 152 g/mol. The Kier molecular flexibility index (Phi) is 2.74. The van der Waals surface area contributed by atoms with Gasteiger partial charge in [0.1, 0.15) is 0 Å². The summed E-state index contributed by atoms with van der Waals surface area (Å²) in [7, 11) is 0. The molecule has 0 radical (unpaired) electrons. The number of nitrogens with zero attached hydrogens (tertiary/aromatic N) is 2. The van der Waals surface area contributed by atoms with Crippen molar-refractivity contribution < 1.29 is 5.11 Å². The third-order valence-corrected chi connectivity index (χ3v) is 2.04. The molecule has 1 N–H and O–H groups in total. The summed E-state index contributed by atoms with van der Waals surface area (Å²) in [5, 5.41) is 13.8. The Morgan fingerprint density at radius 2 is 2.08 bits per heavy atom. The lowest BCUT2D eigenvalue weighted by Gasteiger charge is -1.95. The van der Waals surface area contributed by atoms with Gasteiger partial charge in [-0.2, -0.15) is 5.10 Å². The summed E-state index contributed by atoms with van der Waals surface area (Å²) < 4.78 is 1.64. The first kappa shape index (κ1) is 9.10. The fourth-order valence-corrected chi connectivity index (χ4v) is 1.29. The SMILES string of the molecule is CCCc1nn(CC)c(O)c1C. The normalized spacial score (nSPS) is 10.6. The highest BCUT2D eigenvalue weighted by molar-refractivity contribution is 5.28. The molecule has 0 amide bonds. The quantitative estimate of drug-likeness (QED) is 0.748. The van der Waals surface area contributed by atoms with E-state index >= 15 is 0 Å². The van der Waals surface area contributed by atoms with Gasteiger partial charge in [0.2, 0.25) is 5.88 Å². The van der Waals surface area contributed by atoms with Crippen molar-refractivity contribution in [1.82, 2.24) is 9.78 Å². The van der Waals surface area contributed by atoms with Gasteiger partial charge in [0.25, 0.3) is 0 Å². The monoisotopic (exact) mass is 168 g/mol. The van der Waals surface area contributed by atoms with Crippen LogP contribution in [-0.2, 0) is 13.0 Å². The fraction of sp³-hybridized carbons (Fsp3) is 0.667. The highest BCUT2D eigenvalue weighted by Gasteiger charge is 2.10. The second-order valence-electron chi connectivity index (χ2n) is 2.96. The van der Waals surface area contributed by atoms with Crippen LogP contribution in [0.5, 0.6) is 5.88 Å². The minimum Gasteiger partial charge on any atom is -0.493 e. The fourth-order valence-electron chi connectivity index (χ4n) is 1.29. The Morgan fingerprint density at radius 1 is 1.42 bits per heavy atom. The third-order valence-electron chi connectivity index (χ3n) is 2.04. The molecule has 0 aliphatic heterocycles.